The van der Waals surface area contributed by atoms with Gasteiger partial charge in [0.2, 0.25) is 0 Å². The minimum absolute atomic E-state index is 0.177. The number of phenols is 1. The predicted molar refractivity (Wildman–Crippen MR) is 105 cm³/mol. The molecule has 1 N–H and O–H groups in total. The summed E-state index contributed by atoms with van der Waals surface area (Å²) in [6.45, 7) is 3.03. The fraction of sp³-hybridized carbons (Fsp3) is 0.316. The number of phenolic OH excluding ortho intramolecular Hbond substituents is 1. The van der Waals surface area contributed by atoms with Gasteiger partial charge in [0.25, 0.3) is 0 Å². The number of nitrogens with zero attached hydrogens (tertiary/aromatic N) is 4. The number of azo groups is 1. The van der Waals surface area contributed by atoms with E-state index in [1.807, 2.05) is 12.1 Å². The van der Waals surface area contributed by atoms with E-state index in [0.29, 0.717) is 24.5 Å². The third-order valence-electron chi connectivity index (χ3n) is 3.86. The molecule has 0 aromatic heterocycles. The standard InChI is InChI=1S/C19H23BN4O3/c1-14-12-17(8-9-18(14)25)22-21-16-6-4-15(5-7-16)13-27-19(26)23(2)10-11-24(3)20/h4-9,12,25H,10-11,13H2,1-3H3. The van der Waals surface area contributed by atoms with Gasteiger partial charge in [-0.2, -0.15) is 10.2 Å². The van der Waals surface area contributed by atoms with E-state index in [9.17, 15) is 9.90 Å². The Kier molecular flexibility index (Phi) is 7.37. The second kappa shape index (κ2) is 9.73. The molecule has 140 valence electrons. The molecule has 2 radical (unpaired) electrons. The third-order valence-corrected chi connectivity index (χ3v) is 3.86. The summed E-state index contributed by atoms with van der Waals surface area (Å²) in [6, 6.07) is 12.3. The molecule has 0 atom stereocenters. The largest absolute Gasteiger partial charge is 0.508 e. The van der Waals surface area contributed by atoms with Gasteiger partial charge in [0.05, 0.1) is 11.4 Å². The average Bonchev–Trinajstić information content (AvgIpc) is 2.65. The van der Waals surface area contributed by atoms with Gasteiger partial charge in [-0.1, -0.05) is 12.1 Å². The Bertz CT molecular complexity index is 794. The number of hydrogen-bond acceptors (Lipinski definition) is 6. The number of carbonyl (C=O) groups excluding carboxylic acids is 1. The van der Waals surface area contributed by atoms with Gasteiger partial charge < -0.3 is 19.6 Å². The summed E-state index contributed by atoms with van der Waals surface area (Å²) in [5.41, 5.74) is 2.94. The number of benzene rings is 2. The van der Waals surface area contributed by atoms with Crippen LogP contribution in [-0.4, -0.2) is 56.1 Å². The Morgan fingerprint density at radius 1 is 1.07 bits per heavy atom. The second-order valence-corrected chi connectivity index (χ2v) is 6.29. The highest BCUT2D eigenvalue weighted by Crippen LogP contribution is 2.24. The quantitative estimate of drug-likeness (QED) is 0.599. The molecule has 8 heteroatoms. The lowest BCUT2D eigenvalue weighted by Gasteiger charge is -2.19. The average molecular weight is 366 g/mol. The highest BCUT2D eigenvalue weighted by atomic mass is 16.6. The molecule has 0 saturated heterocycles. The molecule has 1 amide bonds. The van der Waals surface area contributed by atoms with Crippen molar-refractivity contribution in [2.24, 2.45) is 10.2 Å². The number of hydrogen-bond donors (Lipinski definition) is 1. The number of amides is 1. The van der Waals surface area contributed by atoms with Crippen molar-refractivity contribution < 1.29 is 14.6 Å². The van der Waals surface area contributed by atoms with Gasteiger partial charge in [0, 0.05) is 20.1 Å². The van der Waals surface area contributed by atoms with Crippen LogP contribution in [0.4, 0.5) is 16.2 Å². The van der Waals surface area contributed by atoms with Gasteiger partial charge in [-0.25, -0.2) is 4.79 Å². The van der Waals surface area contributed by atoms with E-state index in [1.54, 1.807) is 51.4 Å². The third kappa shape index (κ3) is 6.75. The normalized spacial score (nSPS) is 11.1. The topological polar surface area (TPSA) is 77.7 Å². The first-order valence-corrected chi connectivity index (χ1v) is 8.49. The second-order valence-electron chi connectivity index (χ2n) is 6.29. The minimum Gasteiger partial charge on any atom is -0.508 e. The molecule has 2 aromatic carbocycles. The molecule has 0 heterocycles. The highest BCUT2D eigenvalue weighted by molar-refractivity contribution is 6.04. The van der Waals surface area contributed by atoms with E-state index < -0.39 is 6.09 Å². The number of likely N-dealkylation sites (N-methyl/N-ethyl adjacent to an activating group) is 2. The number of ether oxygens (including phenoxy) is 1. The van der Waals surface area contributed by atoms with Crippen LogP contribution in [0, 0.1) is 6.92 Å². The maximum absolute atomic E-state index is 11.9. The van der Waals surface area contributed by atoms with Crippen LogP contribution in [0.3, 0.4) is 0 Å². The monoisotopic (exact) mass is 366 g/mol. The number of rotatable bonds is 7. The minimum atomic E-state index is -0.400. The van der Waals surface area contributed by atoms with Crippen molar-refractivity contribution in [2.75, 3.05) is 27.2 Å². The van der Waals surface area contributed by atoms with Crippen LogP contribution >= 0.6 is 0 Å². The Morgan fingerprint density at radius 2 is 1.70 bits per heavy atom. The van der Waals surface area contributed by atoms with Gasteiger partial charge in [-0.15, -0.1) is 0 Å². The van der Waals surface area contributed by atoms with E-state index in [2.05, 4.69) is 10.2 Å². The van der Waals surface area contributed by atoms with Crippen molar-refractivity contribution in [3.8, 4) is 5.75 Å². The number of carbonyl (C=O) groups is 1. The summed E-state index contributed by atoms with van der Waals surface area (Å²) in [6.07, 6.45) is -0.400. The summed E-state index contributed by atoms with van der Waals surface area (Å²) in [5, 5.41) is 17.8. The molecular weight excluding hydrogens is 343 g/mol. The molecule has 0 aliphatic carbocycles. The zero-order valence-corrected chi connectivity index (χ0v) is 15.8. The van der Waals surface area contributed by atoms with E-state index in [1.165, 1.54) is 9.71 Å². The van der Waals surface area contributed by atoms with Crippen LogP contribution in [0.2, 0.25) is 0 Å². The SMILES string of the molecule is [B]N(C)CCN(C)C(=O)OCc1ccc(N=Nc2ccc(O)c(C)c2)cc1. The van der Waals surface area contributed by atoms with Crippen molar-refractivity contribution in [1.82, 2.24) is 9.71 Å². The van der Waals surface area contributed by atoms with E-state index in [4.69, 9.17) is 12.7 Å². The molecular formula is C19H23BN4O3. The lowest BCUT2D eigenvalue weighted by atomic mass is 10.2. The highest BCUT2D eigenvalue weighted by Gasteiger charge is 2.10. The first-order valence-electron chi connectivity index (χ1n) is 8.49. The van der Waals surface area contributed by atoms with E-state index in [-0.39, 0.29) is 12.4 Å². The Morgan fingerprint density at radius 3 is 2.33 bits per heavy atom. The Hall–Kier alpha value is -2.87. The van der Waals surface area contributed by atoms with Crippen molar-refractivity contribution in [1.29, 1.82) is 0 Å². The molecule has 27 heavy (non-hydrogen) atoms. The van der Waals surface area contributed by atoms with Crippen LogP contribution < -0.4 is 0 Å². The number of aromatic hydroxyl groups is 1. The molecule has 0 fully saturated rings. The Balaban J connectivity index is 1.86. The van der Waals surface area contributed by atoms with Crippen LogP contribution in [0.15, 0.2) is 52.7 Å². The van der Waals surface area contributed by atoms with Crippen molar-refractivity contribution in [3.63, 3.8) is 0 Å². The van der Waals surface area contributed by atoms with Crippen molar-refractivity contribution in [2.45, 2.75) is 13.5 Å². The summed E-state index contributed by atoms with van der Waals surface area (Å²) >= 11 is 0. The van der Waals surface area contributed by atoms with Gasteiger partial charge in [0.15, 0.2) is 7.98 Å². The van der Waals surface area contributed by atoms with Gasteiger partial charge in [-0.3, -0.25) is 0 Å². The zero-order chi connectivity index (χ0) is 19.8. The fourth-order valence-electron chi connectivity index (χ4n) is 2.13. The lowest BCUT2D eigenvalue weighted by Crippen LogP contribution is -2.34. The molecule has 2 aromatic rings. The smallest absolute Gasteiger partial charge is 0.409 e. The molecule has 0 aliphatic heterocycles. The van der Waals surface area contributed by atoms with Gasteiger partial charge >= 0.3 is 6.09 Å². The van der Waals surface area contributed by atoms with Crippen molar-refractivity contribution >= 4 is 25.4 Å². The fourth-order valence-corrected chi connectivity index (χ4v) is 2.13. The molecule has 0 unspecified atom stereocenters. The van der Waals surface area contributed by atoms with Crippen LogP contribution in [0.5, 0.6) is 5.75 Å². The van der Waals surface area contributed by atoms with Gasteiger partial charge in [-0.05, 0) is 55.4 Å². The maximum Gasteiger partial charge on any atom is 0.409 e. The molecule has 0 aliphatic rings. The van der Waals surface area contributed by atoms with Crippen LogP contribution in [-0.2, 0) is 11.3 Å². The summed E-state index contributed by atoms with van der Waals surface area (Å²) in [5.74, 6) is 0.230. The molecule has 0 spiro atoms. The van der Waals surface area contributed by atoms with Crippen LogP contribution in [0.1, 0.15) is 11.1 Å². The summed E-state index contributed by atoms with van der Waals surface area (Å²) in [7, 11) is 8.93. The maximum atomic E-state index is 11.9. The Labute approximate surface area is 160 Å². The first kappa shape index (κ1) is 20.4. The zero-order valence-electron chi connectivity index (χ0n) is 15.8. The summed E-state index contributed by atoms with van der Waals surface area (Å²) in [4.78, 5) is 14.9. The first-order chi connectivity index (χ1) is 12.8. The number of aryl methyl sites for hydroxylation is 1. The predicted octanol–water partition coefficient (Wildman–Crippen LogP) is 3.70. The van der Waals surface area contributed by atoms with Gasteiger partial charge in [0.1, 0.15) is 12.4 Å². The molecule has 2 rings (SSSR count). The van der Waals surface area contributed by atoms with E-state index >= 15 is 0 Å². The summed E-state index contributed by atoms with van der Waals surface area (Å²) < 4.78 is 5.27. The van der Waals surface area contributed by atoms with Crippen molar-refractivity contribution in [3.05, 3.63) is 53.6 Å². The molecule has 7 nitrogen and oxygen atoms in total. The lowest BCUT2D eigenvalue weighted by molar-refractivity contribution is 0.104. The van der Waals surface area contributed by atoms with E-state index in [0.717, 1.165) is 11.1 Å². The molecule has 0 bridgehead atoms. The molecule has 0 saturated carbocycles. The van der Waals surface area contributed by atoms with Crippen LogP contribution in [0.25, 0.3) is 0 Å².